The van der Waals surface area contributed by atoms with Gasteiger partial charge in [0.1, 0.15) is 5.75 Å². The van der Waals surface area contributed by atoms with Gasteiger partial charge in [0.2, 0.25) is 5.79 Å². The number of rotatable bonds is 3. The van der Waals surface area contributed by atoms with E-state index in [4.69, 9.17) is 9.47 Å². The zero-order chi connectivity index (χ0) is 15.0. The third-order valence-electron chi connectivity index (χ3n) is 3.21. The van der Waals surface area contributed by atoms with Crippen LogP contribution in [0.4, 0.5) is 5.69 Å². The second-order valence-corrected chi connectivity index (χ2v) is 6.22. The highest BCUT2D eigenvalue weighted by atomic mass is 79.9. The third kappa shape index (κ3) is 2.93. The summed E-state index contributed by atoms with van der Waals surface area (Å²) in [6.07, 6.45) is 0. The standard InChI is InChI=1S/C16H16BrNO3/c1-16(2)20-13-7-6-11(8-14(13)21-16)18-9-10-4-3-5-12(17)15(10)19/h3-8,18-19H,9H2,1-2H3. The molecule has 21 heavy (non-hydrogen) atoms. The van der Waals surface area contributed by atoms with Crippen molar-refractivity contribution in [1.82, 2.24) is 0 Å². The van der Waals surface area contributed by atoms with Crippen molar-refractivity contribution in [2.24, 2.45) is 0 Å². The number of benzene rings is 2. The molecule has 0 amide bonds. The number of anilines is 1. The summed E-state index contributed by atoms with van der Waals surface area (Å²) in [5.74, 6) is 1.11. The number of fused-ring (bicyclic) bond motifs is 1. The number of nitrogens with one attached hydrogen (secondary N) is 1. The van der Waals surface area contributed by atoms with Crippen molar-refractivity contribution in [3.8, 4) is 17.2 Å². The van der Waals surface area contributed by atoms with Crippen LogP contribution in [-0.2, 0) is 6.54 Å². The molecular weight excluding hydrogens is 334 g/mol. The van der Waals surface area contributed by atoms with E-state index in [2.05, 4.69) is 21.2 Å². The minimum absolute atomic E-state index is 0.256. The van der Waals surface area contributed by atoms with Crippen LogP contribution in [0.25, 0.3) is 0 Å². The second-order valence-electron chi connectivity index (χ2n) is 5.37. The minimum atomic E-state index is -0.622. The highest BCUT2D eigenvalue weighted by Gasteiger charge is 2.31. The highest BCUT2D eigenvalue weighted by Crippen LogP contribution is 2.40. The molecule has 0 aliphatic carbocycles. The van der Waals surface area contributed by atoms with Gasteiger partial charge in [0, 0.05) is 37.7 Å². The first kappa shape index (κ1) is 14.1. The lowest BCUT2D eigenvalue weighted by Gasteiger charge is -2.16. The van der Waals surface area contributed by atoms with Crippen LogP contribution in [0.3, 0.4) is 0 Å². The summed E-state index contributed by atoms with van der Waals surface area (Å²) in [6, 6.07) is 11.3. The van der Waals surface area contributed by atoms with Crippen LogP contribution in [0.15, 0.2) is 40.9 Å². The molecule has 0 radical (unpaired) electrons. The Morgan fingerprint density at radius 3 is 2.71 bits per heavy atom. The molecule has 1 heterocycles. The van der Waals surface area contributed by atoms with Crippen LogP contribution in [-0.4, -0.2) is 10.9 Å². The maximum absolute atomic E-state index is 9.97. The van der Waals surface area contributed by atoms with Crippen molar-refractivity contribution in [3.63, 3.8) is 0 Å². The molecule has 0 atom stereocenters. The quantitative estimate of drug-likeness (QED) is 0.868. The molecule has 0 saturated carbocycles. The van der Waals surface area contributed by atoms with Gasteiger partial charge in [-0.05, 0) is 34.1 Å². The largest absolute Gasteiger partial charge is 0.506 e. The van der Waals surface area contributed by atoms with Gasteiger partial charge in [0.05, 0.1) is 4.47 Å². The Labute approximate surface area is 131 Å². The Morgan fingerprint density at radius 2 is 1.90 bits per heavy atom. The lowest BCUT2D eigenvalue weighted by Crippen LogP contribution is -2.29. The van der Waals surface area contributed by atoms with Crippen LogP contribution in [0.5, 0.6) is 17.2 Å². The number of aromatic hydroxyl groups is 1. The molecule has 110 valence electrons. The topological polar surface area (TPSA) is 50.7 Å². The molecule has 0 fully saturated rings. The molecule has 0 saturated heterocycles. The maximum Gasteiger partial charge on any atom is 0.246 e. The molecule has 0 aromatic heterocycles. The van der Waals surface area contributed by atoms with Crippen molar-refractivity contribution >= 4 is 21.6 Å². The van der Waals surface area contributed by atoms with Crippen LogP contribution in [0.1, 0.15) is 19.4 Å². The zero-order valence-corrected chi connectivity index (χ0v) is 13.4. The summed E-state index contributed by atoms with van der Waals surface area (Å²) < 4.78 is 12.1. The Hall–Kier alpha value is -1.88. The zero-order valence-electron chi connectivity index (χ0n) is 11.8. The fourth-order valence-corrected chi connectivity index (χ4v) is 2.64. The normalized spacial score (nSPS) is 15.0. The van der Waals surface area contributed by atoms with Crippen molar-refractivity contribution in [1.29, 1.82) is 0 Å². The Bertz CT molecular complexity index is 685. The molecule has 3 rings (SSSR count). The predicted octanol–water partition coefficient (Wildman–Crippen LogP) is 4.27. The molecule has 2 N–H and O–H groups in total. The molecule has 0 bridgehead atoms. The number of para-hydroxylation sites is 1. The van der Waals surface area contributed by atoms with Gasteiger partial charge in [-0.25, -0.2) is 0 Å². The number of hydrogen-bond acceptors (Lipinski definition) is 4. The monoisotopic (exact) mass is 349 g/mol. The average Bonchev–Trinajstić information content (AvgIpc) is 2.73. The average molecular weight is 350 g/mol. The molecule has 4 nitrogen and oxygen atoms in total. The van der Waals surface area contributed by atoms with E-state index in [0.29, 0.717) is 11.0 Å². The van der Waals surface area contributed by atoms with Crippen molar-refractivity contribution < 1.29 is 14.6 Å². The smallest absolute Gasteiger partial charge is 0.246 e. The Kier molecular flexibility index (Phi) is 3.45. The summed E-state index contributed by atoms with van der Waals surface area (Å²) in [5.41, 5.74) is 1.73. The van der Waals surface area contributed by atoms with E-state index in [0.717, 1.165) is 22.7 Å². The van der Waals surface area contributed by atoms with Gasteiger partial charge < -0.3 is 19.9 Å². The molecule has 1 aliphatic rings. The van der Waals surface area contributed by atoms with E-state index >= 15 is 0 Å². The number of phenols is 1. The lowest BCUT2D eigenvalue weighted by molar-refractivity contribution is -0.0431. The van der Waals surface area contributed by atoms with E-state index < -0.39 is 5.79 Å². The molecular formula is C16H16BrNO3. The van der Waals surface area contributed by atoms with Crippen molar-refractivity contribution in [2.45, 2.75) is 26.2 Å². The van der Waals surface area contributed by atoms with Gasteiger partial charge in [-0.3, -0.25) is 0 Å². The van der Waals surface area contributed by atoms with Crippen molar-refractivity contribution in [3.05, 3.63) is 46.4 Å². The summed E-state index contributed by atoms with van der Waals surface area (Å²) >= 11 is 3.31. The second kappa shape index (κ2) is 5.15. The van der Waals surface area contributed by atoms with Gasteiger partial charge in [-0.1, -0.05) is 12.1 Å². The van der Waals surface area contributed by atoms with Gasteiger partial charge >= 0.3 is 0 Å². The van der Waals surface area contributed by atoms with E-state index in [1.165, 1.54) is 0 Å². The van der Waals surface area contributed by atoms with E-state index in [9.17, 15) is 5.11 Å². The Morgan fingerprint density at radius 1 is 1.14 bits per heavy atom. The van der Waals surface area contributed by atoms with Gasteiger partial charge in [-0.2, -0.15) is 0 Å². The first-order chi connectivity index (χ1) is 9.94. The summed E-state index contributed by atoms with van der Waals surface area (Å²) in [6.45, 7) is 4.27. The van der Waals surface area contributed by atoms with Crippen LogP contribution >= 0.6 is 15.9 Å². The third-order valence-corrected chi connectivity index (χ3v) is 3.85. The minimum Gasteiger partial charge on any atom is -0.506 e. The molecule has 1 aliphatic heterocycles. The summed E-state index contributed by atoms with van der Waals surface area (Å²) in [7, 11) is 0. The number of ether oxygens (including phenoxy) is 2. The van der Waals surface area contributed by atoms with Gasteiger partial charge in [0.25, 0.3) is 0 Å². The highest BCUT2D eigenvalue weighted by molar-refractivity contribution is 9.10. The van der Waals surface area contributed by atoms with Crippen molar-refractivity contribution in [2.75, 3.05) is 5.32 Å². The predicted molar refractivity (Wildman–Crippen MR) is 84.9 cm³/mol. The van der Waals surface area contributed by atoms with E-state index in [1.54, 1.807) is 0 Å². The summed E-state index contributed by atoms with van der Waals surface area (Å²) in [4.78, 5) is 0. The SMILES string of the molecule is CC1(C)Oc2ccc(NCc3cccc(Br)c3O)cc2O1. The van der Waals surface area contributed by atoms with Crippen LogP contribution in [0, 0.1) is 0 Å². The number of halogens is 1. The number of hydrogen-bond donors (Lipinski definition) is 2. The van der Waals surface area contributed by atoms with Crippen LogP contribution < -0.4 is 14.8 Å². The molecule has 0 unspecified atom stereocenters. The Balaban J connectivity index is 1.74. The fraction of sp³-hybridized carbons (Fsp3) is 0.250. The van der Waals surface area contributed by atoms with E-state index in [-0.39, 0.29) is 5.75 Å². The first-order valence-corrected chi connectivity index (χ1v) is 7.46. The lowest BCUT2D eigenvalue weighted by atomic mass is 10.2. The molecule has 2 aromatic carbocycles. The fourth-order valence-electron chi connectivity index (χ4n) is 2.23. The maximum atomic E-state index is 9.97. The molecule has 2 aromatic rings. The van der Waals surface area contributed by atoms with E-state index in [1.807, 2.05) is 50.2 Å². The first-order valence-electron chi connectivity index (χ1n) is 6.67. The van der Waals surface area contributed by atoms with Gasteiger partial charge in [0.15, 0.2) is 11.5 Å². The summed E-state index contributed by atoms with van der Waals surface area (Å²) in [5, 5.41) is 13.2. The molecule has 5 heteroatoms. The van der Waals surface area contributed by atoms with Gasteiger partial charge in [-0.15, -0.1) is 0 Å². The molecule has 0 spiro atoms. The van der Waals surface area contributed by atoms with Crippen LogP contribution in [0.2, 0.25) is 0 Å². The number of phenolic OH excluding ortho intramolecular Hbond substituents is 1.